The van der Waals surface area contributed by atoms with E-state index in [9.17, 15) is 9.90 Å². The van der Waals surface area contributed by atoms with Gasteiger partial charge < -0.3 is 28.3 Å². The van der Waals surface area contributed by atoms with Crippen LogP contribution in [-0.2, 0) is 23.6 Å². The van der Waals surface area contributed by atoms with Crippen LogP contribution < -0.4 is 9.47 Å². The standard InChI is InChI=1S/C27H28N4O6S/c1-27(22-14-34-15-28-22)36-20-4-2-3-18(24(20)37-27)16-5-8-30(9-6-16)13-23-29-25-19(11-21(38-25)26(32)33)31(23)12-17-7-10-35-17/h2-4,11,14-17H,5-10,12-13H2,1H3,(H,32,33)/t17-,27-/m0/s1. The van der Waals surface area contributed by atoms with Gasteiger partial charge in [0, 0.05) is 19.1 Å². The lowest BCUT2D eigenvalue weighted by Crippen LogP contribution is -2.35. The summed E-state index contributed by atoms with van der Waals surface area (Å²) in [5.41, 5.74) is 2.66. The predicted octanol–water partition coefficient (Wildman–Crippen LogP) is 4.60. The topological polar surface area (TPSA) is 112 Å². The summed E-state index contributed by atoms with van der Waals surface area (Å²) in [6.07, 6.45) is 6.10. The molecule has 1 N–H and O–H groups in total. The third-order valence-electron chi connectivity index (χ3n) is 7.82. The summed E-state index contributed by atoms with van der Waals surface area (Å²) in [5, 5.41) is 9.44. The first kappa shape index (κ1) is 23.7. The van der Waals surface area contributed by atoms with Gasteiger partial charge in [-0.1, -0.05) is 12.1 Å². The van der Waals surface area contributed by atoms with E-state index in [0.717, 1.165) is 73.2 Å². The Hall–Kier alpha value is -3.41. The van der Waals surface area contributed by atoms with Crippen LogP contribution in [0, 0.1) is 0 Å². The maximum Gasteiger partial charge on any atom is 0.346 e. The van der Waals surface area contributed by atoms with E-state index in [4.69, 9.17) is 23.6 Å². The molecule has 3 aliphatic heterocycles. The molecule has 4 aromatic rings. The number of hydrogen-bond acceptors (Lipinski definition) is 9. The maximum absolute atomic E-state index is 11.5. The van der Waals surface area contributed by atoms with Crippen LogP contribution in [0.2, 0.25) is 0 Å². The Kier molecular flexibility index (Phi) is 5.68. The number of oxazole rings is 1. The van der Waals surface area contributed by atoms with Crippen molar-refractivity contribution in [2.75, 3.05) is 19.7 Å². The minimum Gasteiger partial charge on any atom is -0.477 e. The lowest BCUT2D eigenvalue weighted by molar-refractivity contribution is -0.0722. The van der Waals surface area contributed by atoms with Gasteiger partial charge in [-0.05, 0) is 50.4 Å². The number of piperidine rings is 1. The van der Waals surface area contributed by atoms with Gasteiger partial charge in [-0.3, -0.25) is 4.90 Å². The Bertz CT molecular complexity index is 1480. The first-order valence-electron chi connectivity index (χ1n) is 12.9. The molecule has 6 heterocycles. The van der Waals surface area contributed by atoms with Gasteiger partial charge in [0.1, 0.15) is 21.8 Å². The van der Waals surface area contributed by atoms with Gasteiger partial charge in [-0.15, -0.1) is 11.3 Å². The molecule has 0 spiro atoms. The third kappa shape index (κ3) is 4.05. The van der Waals surface area contributed by atoms with Crippen LogP contribution in [0.3, 0.4) is 0 Å². The Morgan fingerprint density at radius 1 is 1.24 bits per heavy atom. The number of carbonyl (C=O) groups is 1. The van der Waals surface area contributed by atoms with Crippen LogP contribution in [0.4, 0.5) is 0 Å². The monoisotopic (exact) mass is 536 g/mol. The van der Waals surface area contributed by atoms with Crippen LogP contribution in [0.25, 0.3) is 10.3 Å². The van der Waals surface area contributed by atoms with Crippen molar-refractivity contribution in [1.82, 2.24) is 19.4 Å². The summed E-state index contributed by atoms with van der Waals surface area (Å²) < 4.78 is 25.5. The number of carboxylic acids is 1. The summed E-state index contributed by atoms with van der Waals surface area (Å²) in [4.78, 5) is 24.1. The lowest BCUT2D eigenvalue weighted by Gasteiger charge is -2.33. The molecule has 3 aromatic heterocycles. The molecule has 7 rings (SSSR count). The summed E-state index contributed by atoms with van der Waals surface area (Å²) in [6, 6.07) is 7.84. The minimum absolute atomic E-state index is 0.162. The molecule has 0 aliphatic carbocycles. The van der Waals surface area contributed by atoms with E-state index in [1.165, 1.54) is 23.3 Å². The number of nitrogens with zero attached hydrogens (tertiary/aromatic N) is 4. The summed E-state index contributed by atoms with van der Waals surface area (Å²) >= 11 is 1.24. The highest BCUT2D eigenvalue weighted by atomic mass is 32.1. The molecule has 0 radical (unpaired) electrons. The molecule has 2 saturated heterocycles. The highest BCUT2D eigenvalue weighted by Gasteiger charge is 2.43. The molecule has 0 unspecified atom stereocenters. The summed E-state index contributed by atoms with van der Waals surface area (Å²) in [7, 11) is 0. The van der Waals surface area contributed by atoms with E-state index in [1.807, 2.05) is 19.1 Å². The van der Waals surface area contributed by atoms with Crippen molar-refractivity contribution >= 4 is 27.7 Å². The number of fused-ring (bicyclic) bond motifs is 2. The van der Waals surface area contributed by atoms with E-state index >= 15 is 0 Å². The second-order valence-electron chi connectivity index (χ2n) is 10.3. The van der Waals surface area contributed by atoms with Crippen molar-refractivity contribution in [1.29, 1.82) is 0 Å². The number of likely N-dealkylation sites (tertiary alicyclic amines) is 1. The number of carboxylic acid groups (broad SMARTS) is 1. The zero-order valence-corrected chi connectivity index (χ0v) is 21.8. The van der Waals surface area contributed by atoms with E-state index in [1.54, 1.807) is 12.3 Å². The molecule has 2 fully saturated rings. The molecule has 0 amide bonds. The van der Waals surface area contributed by atoms with Crippen LogP contribution in [0.5, 0.6) is 11.5 Å². The Balaban J connectivity index is 1.07. The van der Waals surface area contributed by atoms with Gasteiger partial charge in [0.25, 0.3) is 5.79 Å². The number of hydrogen-bond donors (Lipinski definition) is 1. The van der Waals surface area contributed by atoms with Crippen molar-refractivity contribution in [2.24, 2.45) is 0 Å². The van der Waals surface area contributed by atoms with Crippen molar-refractivity contribution < 1.29 is 28.5 Å². The van der Waals surface area contributed by atoms with E-state index in [2.05, 4.69) is 20.5 Å². The van der Waals surface area contributed by atoms with Crippen LogP contribution in [0.15, 0.2) is 41.3 Å². The smallest absolute Gasteiger partial charge is 0.346 e. The Morgan fingerprint density at radius 3 is 2.79 bits per heavy atom. The van der Waals surface area contributed by atoms with Gasteiger partial charge >= 0.3 is 5.97 Å². The fourth-order valence-electron chi connectivity index (χ4n) is 5.64. The van der Waals surface area contributed by atoms with Crippen LogP contribution in [-0.4, -0.2) is 56.3 Å². The molecule has 198 valence electrons. The van der Waals surface area contributed by atoms with Crippen molar-refractivity contribution in [3.63, 3.8) is 0 Å². The zero-order chi connectivity index (χ0) is 25.9. The summed E-state index contributed by atoms with van der Waals surface area (Å²) in [6.45, 7) is 5.92. The average molecular weight is 537 g/mol. The molecular weight excluding hydrogens is 508 g/mol. The highest BCUT2D eigenvalue weighted by Crippen LogP contribution is 2.49. The zero-order valence-electron chi connectivity index (χ0n) is 21.0. The average Bonchev–Trinajstić information content (AvgIpc) is 3.65. The Morgan fingerprint density at radius 2 is 2.08 bits per heavy atom. The quantitative estimate of drug-likeness (QED) is 0.362. The van der Waals surface area contributed by atoms with E-state index in [-0.39, 0.29) is 6.10 Å². The predicted molar refractivity (Wildman–Crippen MR) is 138 cm³/mol. The molecule has 38 heavy (non-hydrogen) atoms. The van der Waals surface area contributed by atoms with Crippen molar-refractivity contribution in [2.45, 2.75) is 57.1 Å². The molecule has 2 atom stereocenters. The maximum atomic E-state index is 11.5. The number of aromatic carboxylic acids is 1. The number of rotatable bonds is 7. The van der Waals surface area contributed by atoms with Gasteiger partial charge in [0.05, 0.1) is 24.7 Å². The molecule has 10 nitrogen and oxygen atoms in total. The van der Waals surface area contributed by atoms with Crippen molar-refractivity contribution in [3.8, 4) is 11.5 Å². The molecule has 11 heteroatoms. The third-order valence-corrected chi connectivity index (χ3v) is 8.82. The second kappa shape index (κ2) is 9.11. The van der Waals surface area contributed by atoms with E-state index < -0.39 is 11.8 Å². The summed E-state index contributed by atoms with van der Waals surface area (Å²) in [5.74, 6) is 0.942. The molecule has 1 aromatic carbocycles. The Labute approximate surface area is 222 Å². The fourth-order valence-corrected chi connectivity index (χ4v) is 6.53. The molecular formula is C27H28N4O6S. The van der Waals surface area contributed by atoms with Crippen LogP contribution in [0.1, 0.15) is 58.9 Å². The molecule has 0 saturated carbocycles. The van der Waals surface area contributed by atoms with Gasteiger partial charge in [0.15, 0.2) is 23.6 Å². The second-order valence-corrected chi connectivity index (χ2v) is 11.3. The van der Waals surface area contributed by atoms with Gasteiger partial charge in [-0.25, -0.2) is 14.8 Å². The van der Waals surface area contributed by atoms with E-state index in [0.29, 0.717) is 23.0 Å². The van der Waals surface area contributed by atoms with Crippen LogP contribution >= 0.6 is 11.3 Å². The number of aromatic nitrogens is 3. The first-order chi connectivity index (χ1) is 18.5. The van der Waals surface area contributed by atoms with Gasteiger partial charge in [-0.2, -0.15) is 0 Å². The first-order valence-corrected chi connectivity index (χ1v) is 13.7. The number of ether oxygens (including phenoxy) is 3. The largest absolute Gasteiger partial charge is 0.477 e. The SMILES string of the molecule is C[C@]1(c2cocn2)Oc2cccc(C3CCN(Cc4nc5sc(C(=O)O)cc5n4C[C@@H]4CCO4)CC3)c2O1. The molecule has 3 aliphatic rings. The highest BCUT2D eigenvalue weighted by molar-refractivity contribution is 7.20. The number of imidazole rings is 1. The normalized spacial score (nSPS) is 23.7. The molecule has 0 bridgehead atoms. The van der Waals surface area contributed by atoms with Gasteiger partial charge in [0.2, 0.25) is 0 Å². The lowest BCUT2D eigenvalue weighted by atomic mass is 9.88. The fraction of sp³-hybridized carbons (Fsp3) is 0.444. The number of para-hydroxylation sites is 1. The van der Waals surface area contributed by atoms with Crippen molar-refractivity contribution in [3.05, 3.63) is 58.9 Å². The minimum atomic E-state index is -0.999. The number of thiophene rings is 1. The number of benzene rings is 1.